The van der Waals surface area contributed by atoms with Crippen LogP contribution in [0.25, 0.3) is 0 Å². The molecule has 1 aliphatic carbocycles. The molecule has 0 amide bonds. The molecule has 1 aliphatic heterocycles. The summed E-state index contributed by atoms with van der Waals surface area (Å²) in [4.78, 5) is 0. The van der Waals surface area contributed by atoms with Crippen molar-refractivity contribution in [2.45, 2.75) is 96.2 Å². The summed E-state index contributed by atoms with van der Waals surface area (Å²) in [6.07, 6.45) is 8.44. The largest absolute Gasteiger partial charge is 0.497 e. The molecule has 0 radical (unpaired) electrons. The van der Waals surface area contributed by atoms with Crippen molar-refractivity contribution in [1.82, 2.24) is 0 Å². The van der Waals surface area contributed by atoms with Gasteiger partial charge >= 0.3 is 7.12 Å². The summed E-state index contributed by atoms with van der Waals surface area (Å²) < 4.78 is 27.1. The van der Waals surface area contributed by atoms with Crippen molar-refractivity contribution >= 4 is 12.6 Å². The molecule has 0 N–H and O–H groups in total. The summed E-state index contributed by atoms with van der Waals surface area (Å²) in [6.45, 7) is 10.2. The van der Waals surface area contributed by atoms with Crippen LogP contribution in [0.1, 0.15) is 85.1 Å². The van der Waals surface area contributed by atoms with Gasteiger partial charge in [0.1, 0.15) is 5.82 Å². The highest BCUT2D eigenvalue weighted by atomic mass is 19.1. The zero-order valence-electron chi connectivity index (χ0n) is 16.5. The van der Waals surface area contributed by atoms with Crippen molar-refractivity contribution in [2.75, 3.05) is 0 Å². The predicted octanol–water partition coefficient (Wildman–Crippen LogP) is 5.13. The number of rotatable bonds is 4. The van der Waals surface area contributed by atoms with Gasteiger partial charge in [0.05, 0.1) is 11.2 Å². The molecule has 3 rings (SSSR count). The van der Waals surface area contributed by atoms with Crippen molar-refractivity contribution < 1.29 is 13.7 Å². The zero-order chi connectivity index (χ0) is 18.3. The van der Waals surface area contributed by atoms with E-state index in [0.29, 0.717) is 5.46 Å². The Balaban J connectivity index is 1.89. The van der Waals surface area contributed by atoms with Crippen LogP contribution in [0.15, 0.2) is 18.2 Å². The molecule has 2 aliphatic rings. The van der Waals surface area contributed by atoms with E-state index in [1.165, 1.54) is 32.1 Å². The Kier molecular flexibility index (Phi) is 5.07. The fraction of sp³-hybridized carbons (Fsp3) is 0.714. The Morgan fingerprint density at radius 1 is 1.00 bits per heavy atom. The zero-order valence-corrected chi connectivity index (χ0v) is 16.5. The van der Waals surface area contributed by atoms with Crippen LogP contribution in [0.4, 0.5) is 4.39 Å². The molecule has 0 aromatic heterocycles. The maximum Gasteiger partial charge on any atom is 0.497 e. The van der Waals surface area contributed by atoms with Gasteiger partial charge in [0.2, 0.25) is 0 Å². The van der Waals surface area contributed by atoms with Gasteiger partial charge in [0.25, 0.3) is 0 Å². The van der Waals surface area contributed by atoms with Crippen LogP contribution in [0.2, 0.25) is 0 Å². The second kappa shape index (κ2) is 6.70. The molecule has 1 saturated carbocycles. The monoisotopic (exact) mass is 346 g/mol. The second-order valence-electron chi connectivity index (χ2n) is 8.92. The van der Waals surface area contributed by atoms with Crippen LogP contribution < -0.4 is 5.46 Å². The summed E-state index contributed by atoms with van der Waals surface area (Å²) in [5, 5.41) is 0. The molecule has 0 unspecified atom stereocenters. The molecular formula is C21H32BFO2. The molecule has 25 heavy (non-hydrogen) atoms. The van der Waals surface area contributed by atoms with Crippen LogP contribution in [0.3, 0.4) is 0 Å². The van der Waals surface area contributed by atoms with Crippen molar-refractivity contribution in [3.63, 3.8) is 0 Å². The van der Waals surface area contributed by atoms with E-state index >= 15 is 4.39 Å². The lowest BCUT2D eigenvalue weighted by atomic mass is 9.66. The van der Waals surface area contributed by atoms with Gasteiger partial charge < -0.3 is 9.31 Å². The topological polar surface area (TPSA) is 18.5 Å². The second-order valence-corrected chi connectivity index (χ2v) is 8.92. The number of hydrogen-bond donors (Lipinski definition) is 0. The third-order valence-electron chi connectivity index (χ3n) is 6.66. The first-order valence-corrected chi connectivity index (χ1v) is 9.86. The highest BCUT2D eigenvalue weighted by Gasteiger charge is 2.52. The first-order chi connectivity index (χ1) is 11.7. The normalized spacial score (nSPS) is 24.5. The molecular weight excluding hydrogens is 314 g/mol. The van der Waals surface area contributed by atoms with E-state index in [-0.39, 0.29) is 11.2 Å². The van der Waals surface area contributed by atoms with Crippen molar-refractivity contribution in [3.8, 4) is 0 Å². The summed E-state index contributed by atoms with van der Waals surface area (Å²) in [5.74, 6) is -0.197. The predicted molar refractivity (Wildman–Crippen MR) is 102 cm³/mol. The van der Waals surface area contributed by atoms with Gasteiger partial charge in [-0.1, -0.05) is 44.7 Å². The molecule has 4 heteroatoms. The van der Waals surface area contributed by atoms with Crippen LogP contribution in [-0.2, 0) is 14.7 Å². The standard InChI is InChI=1S/C21H32BFO2/c1-6-12-21(13-8-7-9-14-21)16-10-11-17(18(23)15-16)22-24-19(2,3)20(4,5)25-22/h10-11,15H,6-9,12-14H2,1-5H3. The molecule has 0 atom stereocenters. The van der Waals surface area contributed by atoms with Gasteiger partial charge in [-0.2, -0.15) is 0 Å². The van der Waals surface area contributed by atoms with Crippen LogP contribution >= 0.6 is 0 Å². The molecule has 2 fully saturated rings. The summed E-state index contributed by atoms with van der Waals surface area (Å²) in [6, 6.07) is 5.75. The highest BCUT2D eigenvalue weighted by molar-refractivity contribution is 6.62. The van der Waals surface area contributed by atoms with E-state index in [2.05, 4.69) is 13.0 Å². The molecule has 1 heterocycles. The fourth-order valence-corrected chi connectivity index (χ4v) is 4.41. The minimum absolute atomic E-state index is 0.155. The van der Waals surface area contributed by atoms with Gasteiger partial charge in [-0.3, -0.25) is 0 Å². The minimum Gasteiger partial charge on any atom is -0.399 e. The number of halogens is 1. The van der Waals surface area contributed by atoms with Gasteiger partial charge in [-0.15, -0.1) is 0 Å². The minimum atomic E-state index is -0.632. The summed E-state index contributed by atoms with van der Waals surface area (Å²) in [7, 11) is -0.632. The van der Waals surface area contributed by atoms with Crippen molar-refractivity contribution in [2.24, 2.45) is 0 Å². The number of hydrogen-bond acceptors (Lipinski definition) is 2. The van der Waals surface area contributed by atoms with Crippen LogP contribution in [0, 0.1) is 5.82 Å². The van der Waals surface area contributed by atoms with E-state index in [4.69, 9.17) is 9.31 Å². The first-order valence-electron chi connectivity index (χ1n) is 9.86. The smallest absolute Gasteiger partial charge is 0.399 e. The van der Waals surface area contributed by atoms with E-state index in [1.807, 2.05) is 33.8 Å². The third-order valence-corrected chi connectivity index (χ3v) is 6.66. The molecule has 1 saturated heterocycles. The molecule has 0 bridgehead atoms. The van der Waals surface area contributed by atoms with Crippen LogP contribution in [-0.4, -0.2) is 18.3 Å². The van der Waals surface area contributed by atoms with Gasteiger partial charge in [-0.05, 0) is 64.0 Å². The van der Waals surface area contributed by atoms with E-state index in [1.54, 1.807) is 6.07 Å². The lowest BCUT2D eigenvalue weighted by molar-refractivity contribution is 0.00578. The Morgan fingerprint density at radius 2 is 1.60 bits per heavy atom. The van der Waals surface area contributed by atoms with E-state index in [9.17, 15) is 0 Å². The molecule has 1 aromatic carbocycles. The lowest BCUT2D eigenvalue weighted by Gasteiger charge is -2.38. The van der Waals surface area contributed by atoms with Crippen molar-refractivity contribution in [3.05, 3.63) is 29.6 Å². The molecule has 2 nitrogen and oxygen atoms in total. The Bertz CT molecular complexity index is 599. The fourth-order valence-electron chi connectivity index (χ4n) is 4.41. The average molecular weight is 346 g/mol. The Morgan fingerprint density at radius 3 is 2.12 bits per heavy atom. The molecule has 1 aromatic rings. The maximum atomic E-state index is 15.0. The van der Waals surface area contributed by atoms with Gasteiger partial charge in [0, 0.05) is 5.46 Å². The lowest BCUT2D eigenvalue weighted by Crippen LogP contribution is -2.41. The Labute approximate surface area is 152 Å². The first kappa shape index (κ1) is 18.9. The Hall–Kier alpha value is -0.865. The quantitative estimate of drug-likeness (QED) is 0.704. The van der Waals surface area contributed by atoms with E-state index < -0.39 is 18.3 Å². The SMILES string of the molecule is CCCC1(c2ccc(B3OC(C)(C)C(C)(C)O3)c(F)c2)CCCCC1. The summed E-state index contributed by atoms with van der Waals surface area (Å²) in [5.41, 5.74) is 0.935. The van der Waals surface area contributed by atoms with E-state index in [0.717, 1.165) is 18.4 Å². The third kappa shape index (κ3) is 3.40. The average Bonchev–Trinajstić information content (AvgIpc) is 2.76. The van der Waals surface area contributed by atoms with Gasteiger partial charge in [0.15, 0.2) is 0 Å². The maximum absolute atomic E-state index is 15.0. The molecule has 138 valence electrons. The van der Waals surface area contributed by atoms with Gasteiger partial charge in [-0.25, -0.2) is 4.39 Å². The number of benzene rings is 1. The van der Waals surface area contributed by atoms with Crippen LogP contribution in [0.5, 0.6) is 0 Å². The highest BCUT2D eigenvalue weighted by Crippen LogP contribution is 2.43. The molecule has 0 spiro atoms. The van der Waals surface area contributed by atoms with Crippen molar-refractivity contribution in [1.29, 1.82) is 0 Å². The summed E-state index contributed by atoms with van der Waals surface area (Å²) >= 11 is 0.